The van der Waals surface area contributed by atoms with Gasteiger partial charge in [-0.2, -0.15) is 0 Å². The standard InChI is InChI=1S/C29H24N4O6/c34-16-7-8-17-20(11-16)39-26-23(18-9-14-10-21-22(38-13-37-21)12-19(14)30-28(18)35)24-27(31-25(17)26)33(32-29(24)36)15-5-3-1-2-4-6-15/h7-12,15,31H,1-6,13H2,(H,30,35)(H,32,36). The minimum Gasteiger partial charge on any atom is -0.454 e. The van der Waals surface area contributed by atoms with Crippen LogP contribution in [0.1, 0.15) is 44.6 Å². The van der Waals surface area contributed by atoms with Crippen molar-refractivity contribution >= 4 is 44.0 Å². The zero-order chi connectivity index (χ0) is 26.2. The number of aromatic amines is 3. The van der Waals surface area contributed by atoms with Gasteiger partial charge in [0.1, 0.15) is 11.2 Å². The second kappa shape index (κ2) is 8.13. The van der Waals surface area contributed by atoms with Crippen LogP contribution in [-0.2, 0) is 0 Å². The molecule has 0 atom stereocenters. The number of hydrogen-bond acceptors (Lipinski definition) is 6. The average Bonchev–Trinajstić information content (AvgIpc) is 3.54. The summed E-state index contributed by atoms with van der Waals surface area (Å²) >= 11 is 0. The first-order valence-electron chi connectivity index (χ1n) is 13.2. The van der Waals surface area contributed by atoms with Gasteiger partial charge in [-0.3, -0.25) is 24.2 Å². The van der Waals surface area contributed by atoms with Crippen LogP contribution in [-0.4, -0.2) is 26.5 Å². The van der Waals surface area contributed by atoms with E-state index in [0.29, 0.717) is 55.7 Å². The number of furan rings is 1. The zero-order valence-corrected chi connectivity index (χ0v) is 20.9. The zero-order valence-electron chi connectivity index (χ0n) is 20.9. The molecule has 1 aliphatic heterocycles. The fourth-order valence-electron chi connectivity index (χ4n) is 6.24. The lowest BCUT2D eigenvalue weighted by Crippen LogP contribution is -2.13. The minimum absolute atomic E-state index is 0.114. The second-order valence-corrected chi connectivity index (χ2v) is 10.4. The number of aromatic nitrogens is 4. The molecule has 0 unspecified atom stereocenters. The number of H-pyrrole nitrogens is 3. The number of benzene rings is 2. The van der Waals surface area contributed by atoms with E-state index in [4.69, 9.17) is 13.9 Å². The SMILES string of the molecule is O=c1ccc2c(c1)oc1c(-c3cc4cc5c(cc4[nH]c3=O)OCO5)c3c(=O)[nH]n(C4CCCCCC4)c3[nH]c12. The molecule has 1 saturated carbocycles. The summed E-state index contributed by atoms with van der Waals surface area (Å²) in [7, 11) is 0. The highest BCUT2D eigenvalue weighted by molar-refractivity contribution is 6.14. The van der Waals surface area contributed by atoms with E-state index in [1.165, 1.54) is 25.0 Å². The first kappa shape index (κ1) is 22.3. The topological polar surface area (TPSA) is 135 Å². The van der Waals surface area contributed by atoms with Gasteiger partial charge in [0.05, 0.1) is 28.0 Å². The monoisotopic (exact) mass is 524 g/mol. The number of hydrogen-bond donors (Lipinski definition) is 3. The molecule has 3 N–H and O–H groups in total. The summed E-state index contributed by atoms with van der Waals surface area (Å²) < 4.78 is 19.2. The number of ether oxygens (including phenoxy) is 2. The Morgan fingerprint density at radius 1 is 0.846 bits per heavy atom. The van der Waals surface area contributed by atoms with Crippen molar-refractivity contribution in [3.63, 3.8) is 0 Å². The maximum Gasteiger partial charge on any atom is 0.274 e. The maximum atomic E-state index is 13.6. The van der Waals surface area contributed by atoms with Crippen LogP contribution >= 0.6 is 0 Å². The maximum absolute atomic E-state index is 13.6. The molecule has 1 aliphatic carbocycles. The van der Waals surface area contributed by atoms with Crippen LogP contribution in [0.4, 0.5) is 0 Å². The molecule has 0 saturated heterocycles. The van der Waals surface area contributed by atoms with E-state index in [1.807, 2.05) is 10.7 Å². The van der Waals surface area contributed by atoms with Crippen molar-refractivity contribution in [3.05, 3.63) is 67.3 Å². The van der Waals surface area contributed by atoms with E-state index < -0.39 is 0 Å². The molecule has 0 amide bonds. The Morgan fingerprint density at radius 3 is 2.46 bits per heavy atom. The molecule has 2 aromatic carbocycles. The van der Waals surface area contributed by atoms with Crippen LogP contribution in [0.2, 0.25) is 0 Å². The van der Waals surface area contributed by atoms with Gasteiger partial charge in [0.15, 0.2) is 22.5 Å². The van der Waals surface area contributed by atoms with Crippen LogP contribution in [0.25, 0.3) is 55.1 Å². The second-order valence-electron chi connectivity index (χ2n) is 10.4. The molecule has 8 rings (SSSR count). The van der Waals surface area contributed by atoms with Crippen LogP contribution in [0.3, 0.4) is 0 Å². The third kappa shape index (κ3) is 3.30. The lowest BCUT2D eigenvalue weighted by molar-refractivity contribution is 0.174. The Balaban J connectivity index is 1.49. The van der Waals surface area contributed by atoms with Gasteiger partial charge in [-0.15, -0.1) is 0 Å². The summed E-state index contributed by atoms with van der Waals surface area (Å²) in [6.45, 7) is 0.114. The van der Waals surface area contributed by atoms with E-state index in [1.54, 1.807) is 18.2 Å². The third-order valence-corrected chi connectivity index (χ3v) is 8.11. The fourth-order valence-corrected chi connectivity index (χ4v) is 6.24. The fraction of sp³-hybridized carbons (Fsp3) is 0.276. The molecular weight excluding hydrogens is 500 g/mol. The van der Waals surface area contributed by atoms with Gasteiger partial charge < -0.3 is 23.9 Å². The number of pyridine rings is 2. The highest BCUT2D eigenvalue weighted by Crippen LogP contribution is 2.40. The van der Waals surface area contributed by atoms with Gasteiger partial charge in [0, 0.05) is 28.5 Å². The van der Waals surface area contributed by atoms with E-state index in [-0.39, 0.29) is 34.9 Å². The van der Waals surface area contributed by atoms with Crippen molar-refractivity contribution in [2.24, 2.45) is 0 Å². The van der Waals surface area contributed by atoms with Crippen molar-refractivity contribution in [1.82, 2.24) is 19.7 Å². The van der Waals surface area contributed by atoms with Crippen LogP contribution in [0.5, 0.6) is 11.5 Å². The predicted octanol–water partition coefficient (Wildman–Crippen LogP) is 5.05. The molecule has 6 aromatic rings. The van der Waals surface area contributed by atoms with Crippen molar-refractivity contribution in [3.8, 4) is 22.6 Å². The van der Waals surface area contributed by atoms with Crippen molar-refractivity contribution in [2.75, 3.05) is 6.79 Å². The van der Waals surface area contributed by atoms with E-state index >= 15 is 0 Å². The summed E-state index contributed by atoms with van der Waals surface area (Å²) in [5.74, 6) is 1.15. The van der Waals surface area contributed by atoms with Gasteiger partial charge in [-0.25, -0.2) is 0 Å². The number of nitrogens with one attached hydrogen (secondary N) is 3. The Hall–Kier alpha value is -4.73. The van der Waals surface area contributed by atoms with Crippen molar-refractivity contribution in [1.29, 1.82) is 0 Å². The predicted molar refractivity (Wildman–Crippen MR) is 147 cm³/mol. The normalized spacial score (nSPS) is 16.1. The molecule has 4 aromatic heterocycles. The highest BCUT2D eigenvalue weighted by Gasteiger charge is 2.27. The largest absolute Gasteiger partial charge is 0.454 e. The van der Waals surface area contributed by atoms with Gasteiger partial charge >= 0.3 is 0 Å². The first-order valence-corrected chi connectivity index (χ1v) is 13.2. The molecule has 10 heteroatoms. The molecule has 0 spiro atoms. The van der Waals surface area contributed by atoms with E-state index in [9.17, 15) is 14.4 Å². The van der Waals surface area contributed by atoms with Gasteiger partial charge in [-0.1, -0.05) is 25.7 Å². The number of fused-ring (bicyclic) bond motifs is 6. The van der Waals surface area contributed by atoms with Gasteiger partial charge in [-0.05, 0) is 37.1 Å². The van der Waals surface area contributed by atoms with Gasteiger partial charge in [0.25, 0.3) is 11.1 Å². The lowest BCUT2D eigenvalue weighted by Gasteiger charge is -2.17. The summed E-state index contributed by atoms with van der Waals surface area (Å²) in [4.78, 5) is 45.8. The first-order chi connectivity index (χ1) is 19.0. The highest BCUT2D eigenvalue weighted by atomic mass is 16.7. The molecule has 0 bridgehead atoms. The summed E-state index contributed by atoms with van der Waals surface area (Å²) in [6, 6.07) is 10.0. The van der Waals surface area contributed by atoms with Crippen LogP contribution in [0.15, 0.2) is 55.2 Å². The molecule has 196 valence electrons. The Labute approximate surface area is 219 Å². The van der Waals surface area contributed by atoms with E-state index in [2.05, 4.69) is 15.1 Å². The lowest BCUT2D eigenvalue weighted by atomic mass is 10.0. The average molecular weight is 525 g/mol. The number of nitrogens with zero attached hydrogens (tertiary/aromatic N) is 1. The van der Waals surface area contributed by atoms with Crippen molar-refractivity contribution in [2.45, 2.75) is 44.6 Å². The Bertz CT molecular complexity index is 2140. The summed E-state index contributed by atoms with van der Waals surface area (Å²) in [5.41, 5.74) is 2.36. The van der Waals surface area contributed by atoms with Crippen LogP contribution in [0, 0.1) is 0 Å². The minimum atomic E-state index is -0.373. The van der Waals surface area contributed by atoms with Gasteiger partial charge in [0.2, 0.25) is 6.79 Å². The summed E-state index contributed by atoms with van der Waals surface area (Å²) in [5, 5.41) is 4.83. The summed E-state index contributed by atoms with van der Waals surface area (Å²) in [6.07, 6.45) is 6.43. The molecule has 39 heavy (non-hydrogen) atoms. The Kier molecular flexibility index (Phi) is 4.64. The quantitative estimate of drug-likeness (QED) is 0.271. The molecular formula is C29H24N4O6. The number of rotatable bonds is 2. The van der Waals surface area contributed by atoms with Crippen molar-refractivity contribution < 1.29 is 13.9 Å². The molecule has 1 fully saturated rings. The molecule has 5 heterocycles. The molecule has 10 nitrogen and oxygen atoms in total. The van der Waals surface area contributed by atoms with E-state index in [0.717, 1.165) is 31.1 Å². The molecule has 0 radical (unpaired) electrons. The Morgan fingerprint density at radius 2 is 1.64 bits per heavy atom. The van der Waals surface area contributed by atoms with Crippen LogP contribution < -0.4 is 26.0 Å². The third-order valence-electron chi connectivity index (χ3n) is 8.11. The molecule has 2 aliphatic rings. The smallest absolute Gasteiger partial charge is 0.274 e.